The smallest absolute Gasteiger partial charge is 0.340 e. The van der Waals surface area contributed by atoms with Crippen molar-refractivity contribution in [3.63, 3.8) is 0 Å². The van der Waals surface area contributed by atoms with E-state index in [1.807, 2.05) is 0 Å². The largest absolute Gasteiger partial charge is 0.422 e. The first-order valence-corrected chi connectivity index (χ1v) is 14.1. The second-order valence-electron chi connectivity index (χ2n) is 9.34. The molecule has 4 rings (SSSR count). The van der Waals surface area contributed by atoms with Crippen LogP contribution in [0, 0.1) is 10.6 Å². The molecule has 1 unspecified atom stereocenters. The Morgan fingerprint density at radius 3 is 2.62 bits per heavy atom. The normalized spacial score (nSPS) is 15.6. The Morgan fingerprint density at radius 1 is 1.23 bits per heavy atom. The first-order valence-electron chi connectivity index (χ1n) is 12.2. The van der Waals surface area contributed by atoms with Crippen LogP contribution < -0.4 is 25.7 Å². The predicted molar refractivity (Wildman–Crippen MR) is 151 cm³/mol. The van der Waals surface area contributed by atoms with Gasteiger partial charge in [-0.25, -0.2) is 27.7 Å². The summed E-state index contributed by atoms with van der Waals surface area (Å²) in [6.07, 6.45) is 0.0630. The highest BCUT2D eigenvalue weighted by molar-refractivity contribution is 7.91. The Morgan fingerprint density at radius 2 is 1.95 bits per heavy atom. The van der Waals surface area contributed by atoms with Crippen LogP contribution in [0.25, 0.3) is 11.0 Å². The maximum atomic E-state index is 15.2. The number of piperazine rings is 1. The lowest BCUT2D eigenvalue weighted by Gasteiger charge is -2.28. The highest BCUT2D eigenvalue weighted by Gasteiger charge is 2.22. The zero-order chi connectivity index (χ0) is 28.3. The minimum Gasteiger partial charge on any atom is -0.422 e. The minimum absolute atomic E-state index is 0.0630. The fourth-order valence-corrected chi connectivity index (χ4v) is 5.17. The summed E-state index contributed by atoms with van der Waals surface area (Å²) in [5, 5.41) is 6.38. The van der Waals surface area contributed by atoms with Gasteiger partial charge in [0.15, 0.2) is 10.1 Å². The van der Waals surface area contributed by atoms with Gasteiger partial charge in [0, 0.05) is 70.3 Å². The average Bonchev–Trinajstić information content (AvgIpc) is 2.89. The summed E-state index contributed by atoms with van der Waals surface area (Å²) in [7, 11) is 1.13. The van der Waals surface area contributed by atoms with Crippen LogP contribution in [0.1, 0.15) is 16.7 Å². The zero-order valence-corrected chi connectivity index (χ0v) is 23.4. The minimum atomic E-state index is -3.32. The summed E-state index contributed by atoms with van der Waals surface area (Å²) in [4.78, 5) is 28.9. The van der Waals surface area contributed by atoms with Gasteiger partial charge in [-0.3, -0.25) is 9.62 Å². The third-order valence-corrected chi connectivity index (χ3v) is 7.96. The van der Waals surface area contributed by atoms with Crippen LogP contribution in [-0.2, 0) is 23.1 Å². The second kappa shape index (κ2) is 11.9. The number of carbonyl (C=O) groups is 1. The number of benzene rings is 2. The lowest BCUT2D eigenvalue weighted by atomic mass is 9.97. The molecular formula is C25H31ClFN7O4S. The van der Waals surface area contributed by atoms with Gasteiger partial charge < -0.3 is 20.0 Å². The van der Waals surface area contributed by atoms with E-state index in [0.717, 1.165) is 26.2 Å². The number of amides is 2. The van der Waals surface area contributed by atoms with Crippen LogP contribution in [0.15, 0.2) is 39.5 Å². The van der Waals surface area contributed by atoms with Crippen LogP contribution in [-0.4, -0.2) is 67.4 Å². The van der Waals surface area contributed by atoms with Crippen LogP contribution in [0.2, 0.25) is 5.02 Å². The van der Waals surface area contributed by atoms with Crippen molar-refractivity contribution in [2.24, 2.45) is 0 Å². The Bertz CT molecular complexity index is 1560. The van der Waals surface area contributed by atoms with E-state index >= 15 is 4.39 Å². The van der Waals surface area contributed by atoms with E-state index in [4.69, 9.17) is 20.8 Å². The van der Waals surface area contributed by atoms with E-state index in [9.17, 15) is 13.8 Å². The number of rotatable bonds is 8. The molecule has 2 aromatic carbocycles. The molecule has 39 heavy (non-hydrogen) atoms. The molecular weight excluding hydrogens is 549 g/mol. The fourth-order valence-electron chi connectivity index (χ4n) is 4.29. The number of hydrogen-bond acceptors (Lipinski definition) is 7. The van der Waals surface area contributed by atoms with Crippen molar-refractivity contribution in [1.82, 2.24) is 19.8 Å². The molecule has 0 saturated carbocycles. The van der Waals surface area contributed by atoms with E-state index in [1.165, 1.54) is 38.2 Å². The molecule has 1 fully saturated rings. The summed E-state index contributed by atoms with van der Waals surface area (Å²) in [6, 6.07) is 7.04. The third-order valence-electron chi connectivity index (χ3n) is 6.43. The first kappa shape index (κ1) is 28.8. The Labute approximate surface area is 230 Å². The summed E-state index contributed by atoms with van der Waals surface area (Å²) in [5.41, 5.74) is 1.15. The standard InChI is InChI=1S/C25H31ClFN7O4S/c1-29-39(28,37)32-20-6-4-5-15(23(20)26)11-17-18(14-34-9-7-30-8-10-34)16-12-19(27)21(31-25(36)33(2)3)13-22(16)38-24(17)35/h4-6,12-13,30H,7-11,14H2,1-3H3,(H,31,36)(H3,28,29,32,37). The van der Waals surface area contributed by atoms with Crippen molar-refractivity contribution in [1.29, 1.82) is 4.78 Å². The highest BCUT2D eigenvalue weighted by atomic mass is 35.5. The van der Waals surface area contributed by atoms with Gasteiger partial charge >= 0.3 is 11.7 Å². The van der Waals surface area contributed by atoms with Crippen molar-refractivity contribution in [3.05, 3.63) is 68.3 Å². The summed E-state index contributed by atoms with van der Waals surface area (Å²) in [5.74, 6) is -0.666. The fraction of sp³-hybridized carbons (Fsp3) is 0.360. The quantitative estimate of drug-likeness (QED) is 0.259. The van der Waals surface area contributed by atoms with Gasteiger partial charge in [0.1, 0.15) is 11.4 Å². The Balaban J connectivity index is 1.82. The van der Waals surface area contributed by atoms with E-state index < -0.39 is 27.6 Å². The number of nitrogens with one attached hydrogen (secondary N) is 5. The van der Waals surface area contributed by atoms with Gasteiger partial charge in [0.2, 0.25) is 0 Å². The third kappa shape index (κ3) is 6.68. The maximum absolute atomic E-state index is 15.2. The Kier molecular flexibility index (Phi) is 8.76. The average molecular weight is 580 g/mol. The predicted octanol–water partition coefficient (Wildman–Crippen LogP) is 3.18. The lowest BCUT2D eigenvalue weighted by Crippen LogP contribution is -2.43. The number of hydrogen-bond donors (Lipinski definition) is 5. The maximum Gasteiger partial charge on any atom is 0.340 e. The molecule has 0 bridgehead atoms. The zero-order valence-electron chi connectivity index (χ0n) is 21.8. The van der Waals surface area contributed by atoms with Gasteiger partial charge in [-0.1, -0.05) is 23.7 Å². The monoisotopic (exact) mass is 579 g/mol. The van der Waals surface area contributed by atoms with Crippen LogP contribution >= 0.6 is 11.6 Å². The molecule has 3 aromatic rings. The molecule has 1 aromatic heterocycles. The van der Waals surface area contributed by atoms with Crippen LogP contribution in [0.3, 0.4) is 0 Å². The number of anilines is 2. The van der Waals surface area contributed by atoms with Crippen LogP contribution in [0.5, 0.6) is 0 Å². The van der Waals surface area contributed by atoms with E-state index in [2.05, 4.69) is 25.0 Å². The van der Waals surface area contributed by atoms with E-state index in [0.29, 0.717) is 28.6 Å². The van der Waals surface area contributed by atoms with Crippen molar-refractivity contribution in [3.8, 4) is 0 Å². The molecule has 2 amide bonds. The molecule has 14 heteroatoms. The van der Waals surface area contributed by atoms with Gasteiger partial charge in [-0.15, -0.1) is 0 Å². The van der Waals surface area contributed by atoms with Crippen molar-refractivity contribution in [2.45, 2.75) is 13.0 Å². The number of fused-ring (bicyclic) bond motifs is 1. The Hall–Kier alpha value is -3.23. The molecule has 1 saturated heterocycles. The van der Waals surface area contributed by atoms with E-state index in [-0.39, 0.29) is 28.4 Å². The van der Waals surface area contributed by atoms with Gasteiger partial charge in [-0.2, -0.15) is 0 Å². The molecule has 1 aliphatic rings. The highest BCUT2D eigenvalue weighted by Crippen LogP contribution is 2.32. The topological polar surface area (TPSA) is 143 Å². The number of carbonyl (C=O) groups excluding carboxylic acids is 1. The summed E-state index contributed by atoms with van der Waals surface area (Å²) >= 11 is 6.60. The van der Waals surface area contributed by atoms with Crippen molar-refractivity contribution in [2.75, 3.05) is 57.4 Å². The molecule has 210 valence electrons. The van der Waals surface area contributed by atoms with E-state index in [1.54, 1.807) is 18.2 Å². The molecule has 0 aliphatic carbocycles. The number of halogens is 2. The first-order chi connectivity index (χ1) is 18.5. The lowest BCUT2D eigenvalue weighted by molar-refractivity contribution is 0.230. The molecule has 1 aliphatic heterocycles. The summed E-state index contributed by atoms with van der Waals surface area (Å²) < 4.78 is 45.8. The van der Waals surface area contributed by atoms with Crippen molar-refractivity contribution < 1.29 is 17.8 Å². The summed E-state index contributed by atoms with van der Waals surface area (Å²) in [6.45, 7) is 3.41. The second-order valence-corrected chi connectivity index (χ2v) is 11.4. The number of nitrogens with zero attached hydrogens (tertiary/aromatic N) is 2. The molecule has 0 spiro atoms. The molecule has 0 radical (unpaired) electrons. The van der Waals surface area contributed by atoms with Gasteiger partial charge in [0.25, 0.3) is 0 Å². The molecule has 1 atom stereocenters. The van der Waals surface area contributed by atoms with Crippen LogP contribution in [0.4, 0.5) is 20.6 Å². The van der Waals surface area contributed by atoms with Gasteiger partial charge in [0.05, 0.1) is 16.4 Å². The number of urea groups is 1. The molecule has 2 heterocycles. The van der Waals surface area contributed by atoms with Gasteiger partial charge in [-0.05, 0) is 30.3 Å². The van der Waals surface area contributed by atoms with Crippen molar-refractivity contribution >= 4 is 50.1 Å². The molecule has 11 nitrogen and oxygen atoms in total. The molecule has 5 N–H and O–H groups in total. The SMILES string of the molecule is CNS(=N)(=O)Nc1cccc(Cc2c(CN3CCNCC3)c3cc(F)c(NC(=O)N(C)C)cc3oc2=O)c1Cl.